The molecule has 1 aromatic rings. The number of halogens is 1. The number of unbranched alkanes of at least 4 members (excludes halogenated alkanes) is 5. The van der Waals surface area contributed by atoms with Crippen LogP contribution in [0.5, 0.6) is 5.06 Å². The highest BCUT2D eigenvalue weighted by molar-refractivity contribution is 7.13. The summed E-state index contributed by atoms with van der Waals surface area (Å²) in [6.45, 7) is 2.23. The van der Waals surface area contributed by atoms with E-state index in [4.69, 9.17) is 16.7 Å². The third-order valence-corrected chi connectivity index (χ3v) is 7.18. The highest BCUT2D eigenvalue weighted by atomic mass is 35.5. The van der Waals surface area contributed by atoms with E-state index in [9.17, 15) is 9.90 Å². The van der Waals surface area contributed by atoms with Crippen molar-refractivity contribution >= 4 is 29.1 Å². The number of rotatable bonds is 12. The average molecular weight is 417 g/mol. The van der Waals surface area contributed by atoms with E-state index in [1.807, 2.05) is 6.07 Å². The van der Waals surface area contributed by atoms with Crippen LogP contribution in [0.25, 0.3) is 0 Å². The summed E-state index contributed by atoms with van der Waals surface area (Å²) in [5, 5.41) is 19.6. The lowest BCUT2D eigenvalue weighted by atomic mass is 9.85. The molecule has 0 amide bonds. The Labute approximate surface area is 171 Å². The van der Waals surface area contributed by atoms with Crippen LogP contribution in [0.2, 0.25) is 0 Å². The molecule has 1 aromatic heterocycles. The van der Waals surface area contributed by atoms with Gasteiger partial charge in [-0.25, -0.2) is 4.79 Å². The molecule has 4 atom stereocenters. The van der Waals surface area contributed by atoms with Crippen molar-refractivity contribution < 1.29 is 19.7 Å². The first kappa shape index (κ1) is 22.5. The Balaban J connectivity index is 1.73. The van der Waals surface area contributed by atoms with Gasteiger partial charge < -0.3 is 14.9 Å². The Hall–Kier alpha value is -0.780. The molecule has 2 N–H and O–H groups in total. The standard InChI is InChI=1S/C21H33ClO4S/c1-2-3-4-5-6-7-10-17-16(18(22)14-19(17)23)11-8-9-15-12-13-20(27-15)26-21(24)25/h12-13,16-19,23H,2-11,14H2,1H3,(H,24,25)/t16-,17-,18-,19-/m1/s1. The fourth-order valence-corrected chi connectivity index (χ4v) is 5.63. The molecule has 1 fully saturated rings. The second-order valence-corrected chi connectivity index (χ2v) is 9.38. The second kappa shape index (κ2) is 11.9. The summed E-state index contributed by atoms with van der Waals surface area (Å²) in [7, 11) is 0. The van der Waals surface area contributed by atoms with Crippen LogP contribution in [0.15, 0.2) is 12.1 Å². The maximum Gasteiger partial charge on any atom is 0.512 e. The van der Waals surface area contributed by atoms with Gasteiger partial charge in [-0.15, -0.1) is 22.9 Å². The minimum absolute atomic E-state index is 0.0688. The first-order valence-electron chi connectivity index (χ1n) is 10.3. The molecule has 2 rings (SSSR count). The van der Waals surface area contributed by atoms with Gasteiger partial charge >= 0.3 is 6.16 Å². The van der Waals surface area contributed by atoms with E-state index in [2.05, 4.69) is 11.7 Å². The van der Waals surface area contributed by atoms with E-state index in [1.165, 1.54) is 49.9 Å². The predicted molar refractivity (Wildman–Crippen MR) is 111 cm³/mol. The van der Waals surface area contributed by atoms with Crippen LogP contribution in [0, 0.1) is 11.8 Å². The van der Waals surface area contributed by atoms with E-state index < -0.39 is 6.16 Å². The van der Waals surface area contributed by atoms with Crippen molar-refractivity contribution in [3.05, 3.63) is 17.0 Å². The molecule has 1 heterocycles. The third kappa shape index (κ3) is 7.63. The smallest absolute Gasteiger partial charge is 0.449 e. The van der Waals surface area contributed by atoms with Crippen molar-refractivity contribution in [1.82, 2.24) is 0 Å². The number of carbonyl (C=O) groups is 1. The van der Waals surface area contributed by atoms with E-state index in [0.717, 1.165) is 30.6 Å². The van der Waals surface area contributed by atoms with Crippen molar-refractivity contribution in [1.29, 1.82) is 0 Å². The first-order chi connectivity index (χ1) is 13.0. The van der Waals surface area contributed by atoms with E-state index in [0.29, 0.717) is 23.3 Å². The average Bonchev–Trinajstić information content (AvgIpc) is 3.15. The molecule has 1 aliphatic rings. The number of hydrogen-bond acceptors (Lipinski definition) is 4. The van der Waals surface area contributed by atoms with Gasteiger partial charge in [-0.05, 0) is 56.1 Å². The van der Waals surface area contributed by atoms with Crippen molar-refractivity contribution in [2.75, 3.05) is 0 Å². The lowest BCUT2D eigenvalue weighted by Gasteiger charge is -2.23. The second-order valence-electron chi connectivity index (χ2n) is 7.68. The molecule has 27 heavy (non-hydrogen) atoms. The zero-order valence-electron chi connectivity index (χ0n) is 16.2. The highest BCUT2D eigenvalue weighted by Crippen LogP contribution is 2.42. The van der Waals surface area contributed by atoms with Gasteiger partial charge in [0.25, 0.3) is 0 Å². The summed E-state index contributed by atoms with van der Waals surface area (Å²) in [4.78, 5) is 11.7. The van der Waals surface area contributed by atoms with Gasteiger partial charge in [-0.2, -0.15) is 0 Å². The summed E-state index contributed by atoms with van der Waals surface area (Å²) < 4.78 is 4.68. The SMILES string of the molecule is CCCCCCCC[C@@H]1[C@@H](CCCc2ccc(OC(=O)O)s2)[C@H](Cl)C[C@H]1O. The summed E-state index contributed by atoms with van der Waals surface area (Å²) >= 11 is 7.93. The van der Waals surface area contributed by atoms with Crippen LogP contribution in [0.1, 0.15) is 76.0 Å². The van der Waals surface area contributed by atoms with Gasteiger partial charge in [-0.3, -0.25) is 0 Å². The Morgan fingerprint density at radius 2 is 1.85 bits per heavy atom. The van der Waals surface area contributed by atoms with Crippen LogP contribution < -0.4 is 4.74 Å². The third-order valence-electron chi connectivity index (χ3n) is 5.65. The Morgan fingerprint density at radius 1 is 1.15 bits per heavy atom. The molecule has 0 saturated heterocycles. The molecular weight excluding hydrogens is 384 g/mol. The van der Waals surface area contributed by atoms with Crippen molar-refractivity contribution in [3.63, 3.8) is 0 Å². The largest absolute Gasteiger partial charge is 0.512 e. The van der Waals surface area contributed by atoms with E-state index >= 15 is 0 Å². The first-order valence-corrected chi connectivity index (χ1v) is 11.6. The van der Waals surface area contributed by atoms with Crippen LogP contribution in [0.4, 0.5) is 4.79 Å². The fraction of sp³-hybridized carbons (Fsp3) is 0.762. The maximum absolute atomic E-state index is 10.6. The van der Waals surface area contributed by atoms with Crippen LogP contribution in [-0.4, -0.2) is 27.8 Å². The summed E-state index contributed by atoms with van der Waals surface area (Å²) in [6, 6.07) is 3.64. The summed E-state index contributed by atoms with van der Waals surface area (Å²) in [5.74, 6) is 0.708. The number of aliphatic hydroxyl groups is 1. The minimum Gasteiger partial charge on any atom is -0.449 e. The van der Waals surface area contributed by atoms with Gasteiger partial charge in [0.1, 0.15) is 0 Å². The normalized spacial score (nSPS) is 25.0. The molecule has 0 spiro atoms. The molecule has 0 aromatic carbocycles. The maximum atomic E-state index is 10.6. The topological polar surface area (TPSA) is 66.8 Å². The van der Waals surface area contributed by atoms with Gasteiger partial charge in [-0.1, -0.05) is 45.4 Å². The Bertz CT molecular complexity index is 562. The lowest BCUT2D eigenvalue weighted by Crippen LogP contribution is -2.21. The number of ether oxygens (including phenoxy) is 1. The van der Waals surface area contributed by atoms with Crippen LogP contribution >= 0.6 is 22.9 Å². The number of thiophene rings is 1. The summed E-state index contributed by atoms with van der Waals surface area (Å²) in [6.07, 6.45) is 10.8. The molecule has 1 saturated carbocycles. The molecule has 0 radical (unpaired) electrons. The molecule has 6 heteroatoms. The molecule has 0 aliphatic heterocycles. The number of alkyl halides is 1. The minimum atomic E-state index is -1.27. The quantitative estimate of drug-likeness (QED) is 0.232. The lowest BCUT2D eigenvalue weighted by molar-refractivity contribution is 0.107. The predicted octanol–water partition coefficient (Wildman–Crippen LogP) is 6.48. The Kier molecular flexibility index (Phi) is 9.94. The van der Waals surface area contributed by atoms with Gasteiger partial charge in [0, 0.05) is 10.3 Å². The van der Waals surface area contributed by atoms with Gasteiger partial charge in [0.05, 0.1) is 6.10 Å². The molecule has 154 valence electrons. The molecule has 0 unspecified atom stereocenters. The zero-order valence-corrected chi connectivity index (χ0v) is 17.8. The number of aryl methyl sites for hydroxylation is 1. The van der Waals surface area contributed by atoms with Crippen molar-refractivity contribution in [2.24, 2.45) is 11.8 Å². The fourth-order valence-electron chi connectivity index (χ4n) is 4.24. The van der Waals surface area contributed by atoms with Gasteiger partial charge in [0.2, 0.25) is 0 Å². The molecular formula is C21H33ClO4S. The number of hydrogen-bond donors (Lipinski definition) is 2. The van der Waals surface area contributed by atoms with Crippen molar-refractivity contribution in [2.45, 2.75) is 89.0 Å². The zero-order chi connectivity index (χ0) is 19.6. The highest BCUT2D eigenvalue weighted by Gasteiger charge is 2.40. The number of carboxylic acid groups (broad SMARTS) is 1. The van der Waals surface area contributed by atoms with Crippen LogP contribution in [0.3, 0.4) is 0 Å². The molecule has 4 nitrogen and oxygen atoms in total. The van der Waals surface area contributed by atoms with E-state index in [1.54, 1.807) is 6.07 Å². The molecule has 0 bridgehead atoms. The van der Waals surface area contributed by atoms with Crippen molar-refractivity contribution in [3.8, 4) is 5.06 Å². The molecule has 1 aliphatic carbocycles. The number of aliphatic hydroxyl groups excluding tert-OH is 1. The van der Waals surface area contributed by atoms with E-state index in [-0.39, 0.29) is 11.5 Å². The monoisotopic (exact) mass is 416 g/mol. The Morgan fingerprint density at radius 3 is 2.59 bits per heavy atom. The summed E-state index contributed by atoms with van der Waals surface area (Å²) in [5.41, 5.74) is 0. The van der Waals surface area contributed by atoms with Crippen LogP contribution in [-0.2, 0) is 6.42 Å². The van der Waals surface area contributed by atoms with Gasteiger partial charge in [0.15, 0.2) is 5.06 Å².